The highest BCUT2D eigenvalue weighted by atomic mass is 35.5. The zero-order valence-corrected chi connectivity index (χ0v) is 12.8. The lowest BCUT2D eigenvalue weighted by Gasteiger charge is -2.33. The Balaban J connectivity index is 0.000000550. The van der Waals surface area contributed by atoms with Gasteiger partial charge in [0.15, 0.2) is 0 Å². The Hall–Kier alpha value is -1.06. The summed E-state index contributed by atoms with van der Waals surface area (Å²) in [5, 5.41) is 2.93. The van der Waals surface area contributed by atoms with Crippen molar-refractivity contribution in [2.24, 2.45) is 0 Å². The SMILES string of the molecule is C=Cc1c(Cl)c(F)cc2c1N(C)CCC2C.CNC. The van der Waals surface area contributed by atoms with Gasteiger partial charge in [0.1, 0.15) is 5.82 Å². The number of hydrogen-bond acceptors (Lipinski definition) is 2. The largest absolute Gasteiger partial charge is 0.374 e. The number of rotatable bonds is 1. The van der Waals surface area contributed by atoms with Crippen LogP contribution in [0.2, 0.25) is 5.02 Å². The summed E-state index contributed by atoms with van der Waals surface area (Å²) in [5.41, 5.74) is 2.77. The molecule has 1 aliphatic heterocycles. The molecule has 0 bridgehead atoms. The van der Waals surface area contributed by atoms with Crippen LogP contribution in [0.25, 0.3) is 6.08 Å². The van der Waals surface area contributed by atoms with E-state index < -0.39 is 0 Å². The maximum Gasteiger partial charge on any atom is 0.142 e. The van der Waals surface area contributed by atoms with Crippen LogP contribution in [0, 0.1) is 5.82 Å². The number of anilines is 1. The molecule has 1 aromatic carbocycles. The number of halogens is 2. The van der Waals surface area contributed by atoms with E-state index in [1.807, 2.05) is 21.1 Å². The smallest absolute Gasteiger partial charge is 0.142 e. The molecule has 1 aromatic rings. The Labute approximate surface area is 120 Å². The maximum absolute atomic E-state index is 13.7. The third kappa shape index (κ3) is 3.28. The van der Waals surface area contributed by atoms with Gasteiger partial charge >= 0.3 is 0 Å². The fourth-order valence-corrected chi connectivity index (χ4v) is 2.52. The van der Waals surface area contributed by atoms with Crippen LogP contribution in [0.1, 0.15) is 30.4 Å². The number of nitrogens with zero attached hydrogens (tertiary/aromatic N) is 1. The van der Waals surface area contributed by atoms with E-state index in [2.05, 4.69) is 23.7 Å². The highest BCUT2D eigenvalue weighted by molar-refractivity contribution is 6.32. The summed E-state index contributed by atoms with van der Waals surface area (Å²) >= 11 is 5.97. The highest BCUT2D eigenvalue weighted by Crippen LogP contribution is 2.41. The number of fused-ring (bicyclic) bond motifs is 1. The van der Waals surface area contributed by atoms with Crippen molar-refractivity contribution in [3.05, 3.63) is 34.6 Å². The van der Waals surface area contributed by atoms with Crippen molar-refractivity contribution in [3.8, 4) is 0 Å². The van der Waals surface area contributed by atoms with Crippen LogP contribution in [0.15, 0.2) is 12.6 Å². The van der Waals surface area contributed by atoms with Crippen LogP contribution in [0.3, 0.4) is 0 Å². The van der Waals surface area contributed by atoms with Crippen LogP contribution in [-0.2, 0) is 0 Å². The van der Waals surface area contributed by atoms with Crippen molar-refractivity contribution in [2.75, 3.05) is 32.6 Å². The van der Waals surface area contributed by atoms with E-state index in [-0.39, 0.29) is 10.8 Å². The van der Waals surface area contributed by atoms with Gasteiger partial charge in [-0.3, -0.25) is 0 Å². The molecule has 0 radical (unpaired) electrons. The zero-order chi connectivity index (χ0) is 14.6. The summed E-state index contributed by atoms with van der Waals surface area (Å²) in [6.45, 7) is 6.81. The molecule has 0 aromatic heterocycles. The van der Waals surface area contributed by atoms with Gasteiger partial charge in [-0.25, -0.2) is 4.39 Å². The average Bonchev–Trinajstić information content (AvgIpc) is 2.37. The summed E-state index contributed by atoms with van der Waals surface area (Å²) in [6.07, 6.45) is 2.68. The molecule has 19 heavy (non-hydrogen) atoms. The van der Waals surface area contributed by atoms with Gasteiger partial charge in [-0.05, 0) is 38.1 Å². The van der Waals surface area contributed by atoms with Crippen molar-refractivity contribution in [1.29, 1.82) is 0 Å². The molecule has 0 saturated heterocycles. The minimum Gasteiger partial charge on any atom is -0.374 e. The van der Waals surface area contributed by atoms with Crippen molar-refractivity contribution in [1.82, 2.24) is 5.32 Å². The first-order valence-corrected chi connectivity index (χ1v) is 6.79. The molecular weight excluding hydrogens is 263 g/mol. The molecule has 2 nitrogen and oxygen atoms in total. The van der Waals surface area contributed by atoms with Gasteiger partial charge in [-0.1, -0.05) is 31.2 Å². The fourth-order valence-electron chi connectivity index (χ4n) is 2.30. The summed E-state index contributed by atoms with van der Waals surface area (Å²) in [7, 11) is 5.76. The topological polar surface area (TPSA) is 15.3 Å². The van der Waals surface area contributed by atoms with Gasteiger partial charge in [0.2, 0.25) is 0 Å². The molecule has 4 heteroatoms. The lowest BCUT2D eigenvalue weighted by molar-refractivity contribution is 0.601. The molecule has 1 heterocycles. The fraction of sp³-hybridized carbons (Fsp3) is 0.467. The summed E-state index contributed by atoms with van der Waals surface area (Å²) < 4.78 is 13.7. The molecule has 1 N–H and O–H groups in total. The van der Waals surface area contributed by atoms with Gasteiger partial charge in [0.25, 0.3) is 0 Å². The number of benzene rings is 1. The lowest BCUT2D eigenvalue weighted by atomic mass is 9.89. The monoisotopic (exact) mass is 284 g/mol. The zero-order valence-electron chi connectivity index (χ0n) is 12.1. The van der Waals surface area contributed by atoms with E-state index in [0.29, 0.717) is 11.5 Å². The Morgan fingerprint density at radius 2 is 2.11 bits per heavy atom. The van der Waals surface area contributed by atoms with Crippen LogP contribution in [0.4, 0.5) is 10.1 Å². The van der Waals surface area contributed by atoms with E-state index in [4.69, 9.17) is 11.6 Å². The van der Waals surface area contributed by atoms with Crippen LogP contribution in [-0.4, -0.2) is 27.7 Å². The molecule has 1 aliphatic rings. The van der Waals surface area contributed by atoms with E-state index >= 15 is 0 Å². The third-order valence-electron chi connectivity index (χ3n) is 3.27. The third-order valence-corrected chi connectivity index (χ3v) is 3.66. The van der Waals surface area contributed by atoms with E-state index in [0.717, 1.165) is 24.2 Å². The molecule has 2 rings (SSSR count). The van der Waals surface area contributed by atoms with Gasteiger partial charge in [-0.15, -0.1) is 0 Å². The first-order valence-electron chi connectivity index (χ1n) is 6.41. The lowest BCUT2D eigenvalue weighted by Crippen LogP contribution is -2.27. The predicted octanol–water partition coefficient (Wildman–Crippen LogP) is 3.90. The molecular formula is C15H22ClFN2. The second kappa shape index (κ2) is 6.92. The minimum absolute atomic E-state index is 0.176. The van der Waals surface area contributed by atoms with Crippen molar-refractivity contribution >= 4 is 23.4 Å². The van der Waals surface area contributed by atoms with Crippen molar-refractivity contribution in [2.45, 2.75) is 19.3 Å². The Morgan fingerprint density at radius 1 is 1.53 bits per heavy atom. The number of nitrogens with one attached hydrogen (secondary N) is 1. The molecule has 0 saturated carbocycles. The van der Waals surface area contributed by atoms with Gasteiger partial charge in [0.05, 0.1) is 5.02 Å². The van der Waals surface area contributed by atoms with Crippen LogP contribution >= 0.6 is 11.6 Å². The summed E-state index contributed by atoms with van der Waals surface area (Å²) in [4.78, 5) is 2.12. The standard InChI is InChI=1S/C13H15ClFN.C2H7N/c1-4-9-12(14)11(15)7-10-8(2)5-6-16(3)13(9)10;1-3-2/h4,7-8H,1,5-6H2,2-3H3;3H,1-2H3. The highest BCUT2D eigenvalue weighted by Gasteiger charge is 2.25. The van der Waals surface area contributed by atoms with Crippen molar-refractivity contribution < 1.29 is 4.39 Å². The Morgan fingerprint density at radius 3 is 2.63 bits per heavy atom. The summed E-state index contributed by atoms with van der Waals surface area (Å²) in [5.74, 6) is 0.0223. The van der Waals surface area contributed by atoms with Crippen molar-refractivity contribution in [3.63, 3.8) is 0 Å². The molecule has 0 aliphatic carbocycles. The van der Waals surface area contributed by atoms with E-state index in [1.54, 1.807) is 12.1 Å². The average molecular weight is 285 g/mol. The van der Waals surface area contributed by atoms with E-state index in [9.17, 15) is 4.39 Å². The van der Waals surface area contributed by atoms with Crippen LogP contribution in [0.5, 0.6) is 0 Å². The molecule has 0 fully saturated rings. The molecule has 1 unspecified atom stereocenters. The second-order valence-corrected chi connectivity index (χ2v) is 5.22. The van der Waals surface area contributed by atoms with Gasteiger partial charge in [0, 0.05) is 24.8 Å². The molecule has 0 amide bonds. The minimum atomic E-state index is -0.350. The summed E-state index contributed by atoms with van der Waals surface area (Å²) in [6, 6.07) is 1.56. The molecule has 106 valence electrons. The van der Waals surface area contributed by atoms with Gasteiger partial charge in [-0.2, -0.15) is 0 Å². The first-order chi connectivity index (χ1) is 8.97. The van der Waals surface area contributed by atoms with Gasteiger partial charge < -0.3 is 10.2 Å². The van der Waals surface area contributed by atoms with E-state index in [1.165, 1.54) is 0 Å². The second-order valence-electron chi connectivity index (χ2n) is 4.84. The Kier molecular flexibility index (Phi) is 5.83. The Bertz CT molecular complexity index is 460. The first kappa shape index (κ1) is 16.0. The molecule has 1 atom stereocenters. The maximum atomic E-state index is 13.7. The quantitative estimate of drug-likeness (QED) is 0.841. The van der Waals surface area contributed by atoms with Crippen LogP contribution < -0.4 is 10.2 Å². The molecule has 0 spiro atoms. The number of hydrogen-bond donors (Lipinski definition) is 1. The predicted molar refractivity (Wildman–Crippen MR) is 82.8 cm³/mol. The normalized spacial score (nSPS) is 17.4.